The van der Waals surface area contributed by atoms with Crippen molar-refractivity contribution in [1.82, 2.24) is 4.90 Å². The summed E-state index contributed by atoms with van der Waals surface area (Å²) in [6.45, 7) is 2.85. The van der Waals surface area contributed by atoms with E-state index in [4.69, 9.17) is 4.74 Å². The van der Waals surface area contributed by atoms with E-state index in [-0.39, 0.29) is 5.78 Å². The molecule has 5 heteroatoms. The highest BCUT2D eigenvalue weighted by Crippen LogP contribution is 2.58. The lowest BCUT2D eigenvalue weighted by molar-refractivity contribution is 0.0308. The van der Waals surface area contributed by atoms with Crippen molar-refractivity contribution in [2.24, 2.45) is 0 Å². The van der Waals surface area contributed by atoms with Gasteiger partial charge in [-0.1, -0.05) is 88.7 Å². The van der Waals surface area contributed by atoms with Crippen molar-refractivity contribution in [3.63, 3.8) is 0 Å². The maximum atomic E-state index is 15.0. The molecule has 0 bridgehead atoms. The van der Waals surface area contributed by atoms with Crippen molar-refractivity contribution in [3.8, 4) is 0 Å². The van der Waals surface area contributed by atoms with Crippen LogP contribution in [0.1, 0.15) is 11.3 Å². The SMILES string of the molecule is O=P(c1ccccc1)(c1ccccc1)[C@@H](c1cccc(Br)c1)N1CCOCC1. The van der Waals surface area contributed by atoms with Crippen LogP contribution in [0.4, 0.5) is 0 Å². The minimum Gasteiger partial charge on any atom is -0.379 e. The van der Waals surface area contributed by atoms with Gasteiger partial charge >= 0.3 is 0 Å². The van der Waals surface area contributed by atoms with Gasteiger partial charge in [0.05, 0.1) is 19.0 Å². The molecule has 28 heavy (non-hydrogen) atoms. The van der Waals surface area contributed by atoms with Gasteiger partial charge < -0.3 is 9.30 Å². The van der Waals surface area contributed by atoms with Gasteiger partial charge in [0.25, 0.3) is 0 Å². The molecular weight excluding hydrogens is 433 g/mol. The van der Waals surface area contributed by atoms with E-state index < -0.39 is 7.14 Å². The molecular formula is C23H23BrNO2P. The molecule has 144 valence electrons. The standard InChI is InChI=1S/C23H23BrNO2P/c24-20-9-7-8-19(18-20)23(25-14-16-27-17-15-25)28(26,21-10-3-1-4-11-21)22-12-5-2-6-13-22/h1-13,18,23H,14-17H2/t23-/m0/s1. The first-order valence-corrected chi connectivity index (χ1v) is 12.0. The third-order valence-corrected chi connectivity index (χ3v) is 9.10. The fraction of sp³-hybridized carbons (Fsp3) is 0.217. The molecule has 3 aromatic carbocycles. The molecule has 0 aromatic heterocycles. The van der Waals surface area contributed by atoms with E-state index >= 15 is 4.57 Å². The number of morpholine rings is 1. The van der Waals surface area contributed by atoms with Crippen LogP contribution in [0.3, 0.4) is 0 Å². The van der Waals surface area contributed by atoms with Crippen molar-refractivity contribution >= 4 is 33.7 Å². The van der Waals surface area contributed by atoms with Gasteiger partial charge in [0.15, 0.2) is 7.14 Å². The Labute approximate surface area is 174 Å². The molecule has 3 nitrogen and oxygen atoms in total. The Hall–Kier alpha value is -1.71. The molecule has 4 rings (SSSR count). The molecule has 0 radical (unpaired) electrons. The van der Waals surface area contributed by atoms with E-state index in [1.807, 2.05) is 72.8 Å². The Morgan fingerprint density at radius 1 is 0.821 bits per heavy atom. The normalized spacial score (nSPS) is 16.6. The summed E-state index contributed by atoms with van der Waals surface area (Å²) in [6.07, 6.45) is 0. The van der Waals surface area contributed by atoms with Crippen LogP contribution in [0.15, 0.2) is 89.4 Å². The Kier molecular flexibility index (Phi) is 6.13. The first-order valence-electron chi connectivity index (χ1n) is 9.48. The Bertz CT molecular complexity index is 915. The maximum absolute atomic E-state index is 15.0. The summed E-state index contributed by atoms with van der Waals surface area (Å²) in [5.74, 6) is -0.237. The van der Waals surface area contributed by atoms with E-state index in [0.717, 1.165) is 33.7 Å². The second-order valence-corrected chi connectivity index (χ2v) is 10.7. The van der Waals surface area contributed by atoms with E-state index in [1.165, 1.54) is 0 Å². The van der Waals surface area contributed by atoms with E-state index in [1.54, 1.807) is 0 Å². The average molecular weight is 456 g/mol. The molecule has 0 spiro atoms. The van der Waals surface area contributed by atoms with Gasteiger partial charge in [-0.05, 0) is 17.7 Å². The predicted octanol–water partition coefficient (Wildman–Crippen LogP) is 4.79. The summed E-state index contributed by atoms with van der Waals surface area (Å²) in [5.41, 5.74) is 1.06. The summed E-state index contributed by atoms with van der Waals surface area (Å²) in [7, 11) is -2.99. The lowest BCUT2D eigenvalue weighted by Gasteiger charge is -2.39. The third-order valence-electron chi connectivity index (χ3n) is 5.16. The van der Waals surface area contributed by atoms with Crippen LogP contribution in [0, 0.1) is 0 Å². The summed E-state index contributed by atoms with van der Waals surface area (Å²) < 4.78 is 21.6. The Balaban J connectivity index is 1.95. The van der Waals surface area contributed by atoms with Crippen LogP contribution >= 0.6 is 23.1 Å². The fourth-order valence-corrected chi connectivity index (χ4v) is 7.65. The molecule has 0 saturated carbocycles. The highest BCUT2D eigenvalue weighted by atomic mass is 79.9. The van der Waals surface area contributed by atoms with Crippen LogP contribution in [0.25, 0.3) is 0 Å². The molecule has 1 saturated heterocycles. The van der Waals surface area contributed by atoms with Gasteiger partial charge in [0.2, 0.25) is 0 Å². The number of nitrogens with zero attached hydrogens (tertiary/aromatic N) is 1. The summed E-state index contributed by atoms with van der Waals surface area (Å²) in [6, 6.07) is 28.1. The Morgan fingerprint density at radius 2 is 1.39 bits per heavy atom. The smallest absolute Gasteiger partial charge is 0.163 e. The molecule has 1 aliphatic heterocycles. The highest BCUT2D eigenvalue weighted by Gasteiger charge is 2.41. The van der Waals surface area contributed by atoms with Crippen molar-refractivity contribution < 1.29 is 9.30 Å². The van der Waals surface area contributed by atoms with Crippen molar-refractivity contribution in [3.05, 3.63) is 95.0 Å². The van der Waals surface area contributed by atoms with Crippen LogP contribution < -0.4 is 10.6 Å². The first-order chi connectivity index (χ1) is 13.7. The lowest BCUT2D eigenvalue weighted by Crippen LogP contribution is -2.41. The number of benzene rings is 3. The molecule has 0 unspecified atom stereocenters. The molecule has 3 aromatic rings. The second-order valence-electron chi connectivity index (χ2n) is 6.91. The molecule has 1 heterocycles. The van der Waals surface area contributed by atoms with Crippen molar-refractivity contribution in [2.75, 3.05) is 26.3 Å². The molecule has 0 amide bonds. The van der Waals surface area contributed by atoms with Gasteiger partial charge in [0, 0.05) is 28.2 Å². The average Bonchev–Trinajstić information content (AvgIpc) is 2.76. The summed E-state index contributed by atoms with van der Waals surface area (Å²) in [5, 5.41) is 1.77. The lowest BCUT2D eigenvalue weighted by atomic mass is 10.2. The number of hydrogen-bond donors (Lipinski definition) is 0. The third kappa shape index (κ3) is 3.88. The first kappa shape index (κ1) is 19.6. The van der Waals surface area contributed by atoms with E-state index in [9.17, 15) is 0 Å². The van der Waals surface area contributed by atoms with E-state index in [2.05, 4.69) is 33.0 Å². The number of halogens is 1. The monoisotopic (exact) mass is 455 g/mol. The van der Waals surface area contributed by atoms with Crippen molar-refractivity contribution in [1.29, 1.82) is 0 Å². The van der Waals surface area contributed by atoms with Crippen LogP contribution in [-0.2, 0) is 9.30 Å². The topological polar surface area (TPSA) is 29.5 Å². The Morgan fingerprint density at radius 3 is 1.93 bits per heavy atom. The largest absolute Gasteiger partial charge is 0.379 e. The van der Waals surface area contributed by atoms with Crippen LogP contribution in [0.2, 0.25) is 0 Å². The van der Waals surface area contributed by atoms with Crippen LogP contribution in [-0.4, -0.2) is 31.2 Å². The second kappa shape index (κ2) is 8.75. The van der Waals surface area contributed by atoms with Gasteiger partial charge in [-0.3, -0.25) is 4.90 Å². The van der Waals surface area contributed by atoms with Gasteiger partial charge in [0.1, 0.15) is 0 Å². The van der Waals surface area contributed by atoms with Crippen molar-refractivity contribution in [2.45, 2.75) is 5.78 Å². The molecule has 1 fully saturated rings. The zero-order chi connectivity index (χ0) is 19.4. The minimum atomic E-state index is -2.99. The molecule has 0 aliphatic carbocycles. The van der Waals surface area contributed by atoms with Gasteiger partial charge in [-0.15, -0.1) is 0 Å². The highest BCUT2D eigenvalue weighted by molar-refractivity contribution is 9.10. The summed E-state index contributed by atoms with van der Waals surface area (Å²) >= 11 is 3.60. The summed E-state index contributed by atoms with van der Waals surface area (Å²) in [4.78, 5) is 2.33. The van der Waals surface area contributed by atoms with Gasteiger partial charge in [-0.25, -0.2) is 0 Å². The number of hydrogen-bond acceptors (Lipinski definition) is 3. The number of ether oxygens (including phenoxy) is 1. The van der Waals surface area contributed by atoms with E-state index in [0.29, 0.717) is 13.2 Å². The fourth-order valence-electron chi connectivity index (χ4n) is 3.87. The maximum Gasteiger partial charge on any atom is 0.163 e. The minimum absolute atomic E-state index is 0.237. The zero-order valence-electron chi connectivity index (χ0n) is 15.6. The number of rotatable bonds is 5. The molecule has 1 aliphatic rings. The quantitative estimate of drug-likeness (QED) is 0.517. The zero-order valence-corrected chi connectivity index (χ0v) is 18.1. The predicted molar refractivity (Wildman–Crippen MR) is 119 cm³/mol. The molecule has 1 atom stereocenters. The van der Waals surface area contributed by atoms with Crippen LogP contribution in [0.5, 0.6) is 0 Å². The molecule has 0 N–H and O–H groups in total. The van der Waals surface area contributed by atoms with Gasteiger partial charge in [-0.2, -0.15) is 0 Å².